The van der Waals surface area contributed by atoms with Gasteiger partial charge in [-0.2, -0.15) is 0 Å². The molecule has 0 fully saturated rings. The number of aliphatic carboxylic acids is 1. The summed E-state index contributed by atoms with van der Waals surface area (Å²) in [4.78, 5) is 34.9. The van der Waals surface area contributed by atoms with Crippen molar-refractivity contribution in [3.05, 3.63) is 0 Å². The third kappa shape index (κ3) is 5.51. The van der Waals surface area contributed by atoms with E-state index in [1.165, 1.54) is 25.8 Å². The van der Waals surface area contributed by atoms with E-state index in [1.807, 2.05) is 0 Å². The average Bonchev–Trinajstić information content (AvgIpc) is 2.25. The molecule has 0 aliphatic rings. The highest BCUT2D eigenvalue weighted by atomic mass is 16.4. The summed E-state index contributed by atoms with van der Waals surface area (Å²) in [6, 6.07) is -0.476. The first-order valence-electron chi connectivity index (χ1n) is 5.69. The quantitative estimate of drug-likeness (QED) is 0.619. The highest BCUT2D eigenvalue weighted by Gasteiger charge is 2.28. The van der Waals surface area contributed by atoms with E-state index in [0.29, 0.717) is 6.54 Å². The molecular formula is C11H21N3O4. The van der Waals surface area contributed by atoms with E-state index in [4.69, 9.17) is 5.11 Å². The van der Waals surface area contributed by atoms with Crippen molar-refractivity contribution < 1.29 is 19.5 Å². The minimum absolute atomic E-state index is 0.000896. The molecule has 0 rings (SSSR count). The summed E-state index contributed by atoms with van der Waals surface area (Å²) >= 11 is 0. The Kier molecular flexibility index (Phi) is 6.15. The van der Waals surface area contributed by atoms with Crippen LogP contribution in [0.3, 0.4) is 0 Å². The molecule has 7 heteroatoms. The van der Waals surface area contributed by atoms with E-state index in [0.717, 1.165) is 0 Å². The average molecular weight is 259 g/mol. The Labute approximate surface area is 107 Å². The van der Waals surface area contributed by atoms with Gasteiger partial charge in [0.05, 0.1) is 5.41 Å². The van der Waals surface area contributed by atoms with E-state index >= 15 is 0 Å². The van der Waals surface area contributed by atoms with Crippen LogP contribution in [0.25, 0.3) is 0 Å². The highest BCUT2D eigenvalue weighted by molar-refractivity contribution is 5.84. The number of amides is 3. The zero-order valence-electron chi connectivity index (χ0n) is 11.2. The van der Waals surface area contributed by atoms with Crippen LogP contribution in [0.15, 0.2) is 0 Å². The van der Waals surface area contributed by atoms with Crippen LogP contribution in [0.4, 0.5) is 4.79 Å². The van der Waals surface area contributed by atoms with E-state index in [2.05, 4.69) is 10.6 Å². The van der Waals surface area contributed by atoms with Gasteiger partial charge in [-0.25, -0.2) is 4.79 Å². The van der Waals surface area contributed by atoms with Crippen molar-refractivity contribution in [2.45, 2.75) is 20.8 Å². The minimum atomic E-state index is -1.04. The van der Waals surface area contributed by atoms with Gasteiger partial charge in [-0.1, -0.05) is 0 Å². The number of carboxylic acid groups (broad SMARTS) is 1. The summed E-state index contributed by atoms with van der Waals surface area (Å²) in [5, 5.41) is 13.9. The molecule has 0 spiro atoms. The Bertz CT molecular complexity index is 328. The van der Waals surface area contributed by atoms with Gasteiger partial charge in [0.15, 0.2) is 0 Å². The molecule has 0 aromatic carbocycles. The Morgan fingerprint density at radius 3 is 2.22 bits per heavy atom. The highest BCUT2D eigenvalue weighted by Crippen LogP contribution is 2.13. The van der Waals surface area contributed by atoms with Crippen molar-refractivity contribution >= 4 is 17.9 Å². The topological polar surface area (TPSA) is 98.7 Å². The third-order valence-electron chi connectivity index (χ3n) is 2.36. The zero-order valence-corrected chi connectivity index (χ0v) is 11.2. The summed E-state index contributed by atoms with van der Waals surface area (Å²) in [6.07, 6.45) is 0. The summed E-state index contributed by atoms with van der Waals surface area (Å²) in [6.45, 7) is 5.25. The Hall–Kier alpha value is -1.79. The molecule has 104 valence electrons. The van der Waals surface area contributed by atoms with Crippen LogP contribution >= 0.6 is 0 Å². The zero-order chi connectivity index (χ0) is 14.3. The molecule has 3 amide bonds. The van der Waals surface area contributed by atoms with Gasteiger partial charge in [-0.3, -0.25) is 9.59 Å². The molecule has 0 saturated heterocycles. The van der Waals surface area contributed by atoms with Crippen molar-refractivity contribution in [2.24, 2.45) is 5.41 Å². The first kappa shape index (κ1) is 16.2. The molecule has 18 heavy (non-hydrogen) atoms. The number of hydrogen-bond acceptors (Lipinski definition) is 3. The lowest BCUT2D eigenvalue weighted by Crippen LogP contribution is -2.47. The smallest absolute Gasteiger partial charge is 0.317 e. The van der Waals surface area contributed by atoms with Gasteiger partial charge in [0.2, 0.25) is 5.91 Å². The molecule has 0 saturated carbocycles. The molecule has 0 radical (unpaired) electrons. The maximum atomic E-state index is 11.6. The molecule has 0 bridgehead atoms. The third-order valence-corrected chi connectivity index (χ3v) is 2.36. The van der Waals surface area contributed by atoms with Crippen LogP contribution in [-0.4, -0.2) is 54.6 Å². The van der Waals surface area contributed by atoms with Crippen LogP contribution in [0.2, 0.25) is 0 Å². The van der Waals surface area contributed by atoms with Gasteiger partial charge >= 0.3 is 12.0 Å². The van der Waals surface area contributed by atoms with Gasteiger partial charge in [0, 0.05) is 20.1 Å². The van der Waals surface area contributed by atoms with E-state index < -0.39 is 17.4 Å². The second-order valence-corrected chi connectivity index (χ2v) is 4.66. The van der Waals surface area contributed by atoms with Crippen LogP contribution in [0, 0.1) is 5.41 Å². The number of urea groups is 1. The van der Waals surface area contributed by atoms with Gasteiger partial charge in [0.1, 0.15) is 6.54 Å². The van der Waals surface area contributed by atoms with Crippen molar-refractivity contribution in [3.8, 4) is 0 Å². The monoisotopic (exact) mass is 259 g/mol. The predicted molar refractivity (Wildman–Crippen MR) is 66.1 cm³/mol. The summed E-state index contributed by atoms with van der Waals surface area (Å²) in [7, 11) is 1.47. The van der Waals surface area contributed by atoms with Crippen LogP contribution in [-0.2, 0) is 9.59 Å². The molecule has 0 unspecified atom stereocenters. The lowest BCUT2D eigenvalue weighted by atomic mass is 9.94. The van der Waals surface area contributed by atoms with Crippen molar-refractivity contribution in [3.63, 3.8) is 0 Å². The predicted octanol–water partition coefficient (Wildman–Crippen LogP) is -0.125. The number of carbonyl (C=O) groups is 3. The first-order chi connectivity index (χ1) is 8.20. The Morgan fingerprint density at radius 1 is 1.22 bits per heavy atom. The van der Waals surface area contributed by atoms with Crippen LogP contribution in [0.5, 0.6) is 0 Å². The second kappa shape index (κ2) is 6.83. The maximum absolute atomic E-state index is 11.6. The fourth-order valence-electron chi connectivity index (χ4n) is 1.05. The van der Waals surface area contributed by atoms with Gasteiger partial charge < -0.3 is 20.6 Å². The number of nitrogens with zero attached hydrogens (tertiary/aromatic N) is 1. The summed E-state index contributed by atoms with van der Waals surface area (Å²) in [5.41, 5.74) is -1.04. The lowest BCUT2D eigenvalue weighted by molar-refractivity contribution is -0.146. The van der Waals surface area contributed by atoms with Crippen LogP contribution < -0.4 is 10.6 Å². The Morgan fingerprint density at radius 2 is 1.78 bits per heavy atom. The van der Waals surface area contributed by atoms with Gasteiger partial charge in [-0.05, 0) is 20.8 Å². The number of nitrogens with one attached hydrogen (secondary N) is 2. The fraction of sp³-hybridized carbons (Fsp3) is 0.727. The molecular weight excluding hydrogens is 238 g/mol. The molecule has 0 aliphatic heterocycles. The Balaban J connectivity index is 4.17. The van der Waals surface area contributed by atoms with Gasteiger partial charge in [-0.15, -0.1) is 0 Å². The SMILES string of the molecule is CCNC(=O)CN(C)C(=O)NCC(C)(C)C(=O)O. The molecule has 7 nitrogen and oxygen atoms in total. The van der Waals surface area contributed by atoms with E-state index in [-0.39, 0.29) is 19.0 Å². The molecule has 0 aromatic heterocycles. The van der Waals surface area contributed by atoms with Crippen molar-refractivity contribution in [1.82, 2.24) is 15.5 Å². The fourth-order valence-corrected chi connectivity index (χ4v) is 1.05. The molecule has 0 atom stereocenters. The van der Waals surface area contributed by atoms with Crippen LogP contribution in [0.1, 0.15) is 20.8 Å². The molecule has 0 aliphatic carbocycles. The van der Waals surface area contributed by atoms with Crippen molar-refractivity contribution in [1.29, 1.82) is 0 Å². The number of rotatable bonds is 6. The van der Waals surface area contributed by atoms with E-state index in [9.17, 15) is 14.4 Å². The lowest BCUT2D eigenvalue weighted by Gasteiger charge is -2.22. The summed E-state index contributed by atoms with van der Waals surface area (Å²) < 4.78 is 0. The molecule has 0 heterocycles. The normalized spacial score (nSPS) is 10.7. The number of likely N-dealkylation sites (N-methyl/N-ethyl adjacent to an activating group) is 2. The minimum Gasteiger partial charge on any atom is -0.481 e. The largest absolute Gasteiger partial charge is 0.481 e. The molecule has 3 N–H and O–H groups in total. The second-order valence-electron chi connectivity index (χ2n) is 4.66. The molecule has 0 aromatic rings. The van der Waals surface area contributed by atoms with Crippen molar-refractivity contribution in [2.75, 3.05) is 26.7 Å². The summed E-state index contributed by atoms with van der Waals surface area (Å²) in [5.74, 6) is -1.25. The number of carbonyl (C=O) groups excluding carboxylic acids is 2. The number of carboxylic acids is 1. The maximum Gasteiger partial charge on any atom is 0.317 e. The first-order valence-corrected chi connectivity index (χ1v) is 5.69. The standard InChI is InChI=1S/C11H21N3O4/c1-5-12-8(15)6-14(4)10(18)13-7-11(2,3)9(16)17/h5-7H2,1-4H3,(H,12,15)(H,13,18)(H,16,17). The van der Waals surface area contributed by atoms with E-state index in [1.54, 1.807) is 6.92 Å². The van der Waals surface area contributed by atoms with Gasteiger partial charge in [0.25, 0.3) is 0 Å². The number of hydrogen-bond donors (Lipinski definition) is 3.